The lowest BCUT2D eigenvalue weighted by Gasteiger charge is -2.20. The van der Waals surface area contributed by atoms with Gasteiger partial charge in [-0.2, -0.15) is 5.10 Å². The van der Waals surface area contributed by atoms with Crippen LogP contribution < -0.4 is 15.2 Å². The Labute approximate surface area is 193 Å². The Balaban J connectivity index is 1.67. The van der Waals surface area contributed by atoms with Gasteiger partial charge in [-0.05, 0) is 29.8 Å². The van der Waals surface area contributed by atoms with Crippen molar-refractivity contribution in [1.82, 2.24) is 14.8 Å². The van der Waals surface area contributed by atoms with Crippen molar-refractivity contribution in [3.63, 3.8) is 0 Å². The molecule has 0 atom stereocenters. The van der Waals surface area contributed by atoms with Crippen LogP contribution >= 0.6 is 11.3 Å². The van der Waals surface area contributed by atoms with Crippen molar-refractivity contribution in [3.05, 3.63) is 94.4 Å². The van der Waals surface area contributed by atoms with E-state index in [1.807, 2.05) is 48.5 Å². The quantitative estimate of drug-likeness (QED) is 0.392. The average Bonchev–Trinajstić information content (AvgIpc) is 3.28. The second kappa shape index (κ2) is 8.48. The highest BCUT2D eigenvalue weighted by molar-refractivity contribution is 7.22. The number of carbonyl (C=O) groups excluding carboxylic acids is 1. The standard InChI is InChI=1S/C25H20N4O3S/c1-28-23(30)19-11-7-6-10-18(19)22(27-28)24(31)29(15-16-8-4-3-5-9-16)25-26-20-13-12-17(32-2)14-21(20)33-25/h3-14H,15H2,1-2H3. The van der Waals surface area contributed by atoms with Crippen molar-refractivity contribution in [2.24, 2.45) is 7.05 Å². The molecule has 5 aromatic rings. The molecule has 164 valence electrons. The smallest absolute Gasteiger partial charge is 0.281 e. The number of thiazole rings is 1. The Hall–Kier alpha value is -4.04. The Bertz CT molecular complexity index is 1540. The fraction of sp³-hybridized carbons (Fsp3) is 0.120. The van der Waals surface area contributed by atoms with Crippen LogP contribution in [0.5, 0.6) is 5.75 Å². The van der Waals surface area contributed by atoms with Crippen molar-refractivity contribution in [2.75, 3.05) is 12.0 Å². The third-order valence-electron chi connectivity index (χ3n) is 5.40. The van der Waals surface area contributed by atoms with Crippen LogP contribution in [-0.4, -0.2) is 27.8 Å². The fourth-order valence-electron chi connectivity index (χ4n) is 3.71. The molecule has 0 radical (unpaired) electrons. The zero-order valence-electron chi connectivity index (χ0n) is 18.1. The highest BCUT2D eigenvalue weighted by Gasteiger charge is 2.26. The number of amides is 1. The normalized spacial score (nSPS) is 11.1. The first kappa shape index (κ1) is 20.8. The van der Waals surface area contributed by atoms with E-state index >= 15 is 0 Å². The maximum absolute atomic E-state index is 13.9. The summed E-state index contributed by atoms with van der Waals surface area (Å²) in [6.45, 7) is 0.315. The molecular formula is C25H20N4O3S. The first-order valence-corrected chi connectivity index (χ1v) is 11.1. The van der Waals surface area contributed by atoms with E-state index in [2.05, 4.69) is 5.10 Å². The van der Waals surface area contributed by atoms with Gasteiger partial charge < -0.3 is 4.74 Å². The maximum atomic E-state index is 13.9. The molecule has 0 fully saturated rings. The molecule has 0 saturated heterocycles. The minimum Gasteiger partial charge on any atom is -0.497 e. The van der Waals surface area contributed by atoms with E-state index in [1.54, 1.807) is 43.3 Å². The summed E-state index contributed by atoms with van der Waals surface area (Å²) in [6, 6.07) is 22.4. The second-order valence-corrected chi connectivity index (χ2v) is 8.54. The van der Waals surface area contributed by atoms with E-state index < -0.39 is 0 Å². The van der Waals surface area contributed by atoms with Crippen LogP contribution in [0.25, 0.3) is 21.0 Å². The number of rotatable bonds is 5. The lowest BCUT2D eigenvalue weighted by Crippen LogP contribution is -2.33. The third-order valence-corrected chi connectivity index (χ3v) is 6.44. The molecule has 8 heteroatoms. The first-order valence-electron chi connectivity index (χ1n) is 10.3. The zero-order chi connectivity index (χ0) is 22.9. The number of ether oxygens (including phenoxy) is 1. The second-order valence-electron chi connectivity index (χ2n) is 7.53. The summed E-state index contributed by atoms with van der Waals surface area (Å²) in [5.74, 6) is 0.404. The molecule has 0 spiro atoms. The molecule has 0 aliphatic carbocycles. The van der Waals surface area contributed by atoms with Crippen LogP contribution in [0.2, 0.25) is 0 Å². The van der Waals surface area contributed by atoms with Gasteiger partial charge in [0.05, 0.1) is 29.3 Å². The number of aryl methyl sites for hydroxylation is 1. The fourth-order valence-corrected chi connectivity index (χ4v) is 4.70. The predicted octanol–water partition coefficient (Wildman–Crippen LogP) is 4.40. The maximum Gasteiger partial charge on any atom is 0.281 e. The van der Waals surface area contributed by atoms with E-state index in [0.29, 0.717) is 22.4 Å². The molecule has 1 amide bonds. The molecular weight excluding hydrogens is 436 g/mol. The zero-order valence-corrected chi connectivity index (χ0v) is 18.9. The molecule has 5 rings (SSSR count). The summed E-state index contributed by atoms with van der Waals surface area (Å²) in [4.78, 5) is 32.8. The van der Waals surface area contributed by atoms with E-state index in [1.165, 1.54) is 16.0 Å². The van der Waals surface area contributed by atoms with Crippen LogP contribution in [0.1, 0.15) is 16.1 Å². The van der Waals surface area contributed by atoms with Gasteiger partial charge in [0.1, 0.15) is 5.75 Å². The van der Waals surface area contributed by atoms with E-state index in [0.717, 1.165) is 21.5 Å². The van der Waals surface area contributed by atoms with E-state index in [4.69, 9.17) is 9.72 Å². The molecule has 0 aliphatic rings. The largest absolute Gasteiger partial charge is 0.497 e. The number of hydrogen-bond donors (Lipinski definition) is 0. The molecule has 0 aliphatic heterocycles. The molecule has 2 heterocycles. The van der Waals surface area contributed by atoms with E-state index in [9.17, 15) is 9.59 Å². The van der Waals surface area contributed by atoms with Crippen molar-refractivity contribution in [2.45, 2.75) is 6.54 Å². The number of anilines is 1. The van der Waals surface area contributed by atoms with Crippen LogP contribution in [0.3, 0.4) is 0 Å². The lowest BCUT2D eigenvalue weighted by atomic mass is 10.1. The van der Waals surface area contributed by atoms with Crippen LogP contribution in [-0.2, 0) is 13.6 Å². The number of benzene rings is 3. The van der Waals surface area contributed by atoms with Gasteiger partial charge in [-0.25, -0.2) is 9.67 Å². The number of fused-ring (bicyclic) bond motifs is 2. The highest BCUT2D eigenvalue weighted by atomic mass is 32.1. The van der Waals surface area contributed by atoms with Gasteiger partial charge >= 0.3 is 0 Å². The molecule has 33 heavy (non-hydrogen) atoms. The Morgan fingerprint density at radius 3 is 2.52 bits per heavy atom. The predicted molar refractivity (Wildman–Crippen MR) is 130 cm³/mol. The van der Waals surface area contributed by atoms with Crippen LogP contribution in [0, 0.1) is 0 Å². The van der Waals surface area contributed by atoms with Gasteiger partial charge in [-0.3, -0.25) is 14.5 Å². The van der Waals surface area contributed by atoms with Gasteiger partial charge in [0.2, 0.25) is 0 Å². The number of hydrogen-bond acceptors (Lipinski definition) is 6. The highest BCUT2D eigenvalue weighted by Crippen LogP contribution is 2.33. The molecule has 0 unspecified atom stereocenters. The van der Waals surface area contributed by atoms with E-state index in [-0.39, 0.29) is 17.2 Å². The van der Waals surface area contributed by atoms with Crippen molar-refractivity contribution in [3.8, 4) is 5.75 Å². The number of nitrogens with zero attached hydrogens (tertiary/aromatic N) is 4. The summed E-state index contributed by atoms with van der Waals surface area (Å²) in [5.41, 5.74) is 1.70. The molecule has 0 bridgehead atoms. The summed E-state index contributed by atoms with van der Waals surface area (Å²) in [7, 11) is 3.17. The Kier molecular flexibility index (Phi) is 5.35. The molecule has 2 aromatic heterocycles. The van der Waals surface area contributed by atoms with Gasteiger partial charge in [0.15, 0.2) is 10.8 Å². The molecule has 3 aromatic carbocycles. The number of methoxy groups -OCH3 is 1. The Morgan fingerprint density at radius 2 is 1.76 bits per heavy atom. The van der Waals surface area contributed by atoms with Gasteiger partial charge in [-0.1, -0.05) is 59.9 Å². The topological polar surface area (TPSA) is 77.3 Å². The minimum absolute atomic E-state index is 0.209. The average molecular weight is 457 g/mol. The summed E-state index contributed by atoms with van der Waals surface area (Å²) >= 11 is 1.41. The minimum atomic E-state index is -0.323. The third kappa shape index (κ3) is 3.85. The van der Waals surface area contributed by atoms with Crippen molar-refractivity contribution < 1.29 is 9.53 Å². The summed E-state index contributed by atoms with van der Waals surface area (Å²) in [5, 5.41) is 5.86. The molecule has 7 nitrogen and oxygen atoms in total. The number of carbonyl (C=O) groups is 1. The van der Waals surface area contributed by atoms with Crippen molar-refractivity contribution >= 4 is 43.4 Å². The Morgan fingerprint density at radius 1 is 1.03 bits per heavy atom. The summed E-state index contributed by atoms with van der Waals surface area (Å²) < 4.78 is 7.45. The van der Waals surface area contributed by atoms with Gasteiger partial charge in [0, 0.05) is 12.4 Å². The summed E-state index contributed by atoms with van der Waals surface area (Å²) in [6.07, 6.45) is 0. The van der Waals surface area contributed by atoms with Crippen LogP contribution in [0.15, 0.2) is 77.6 Å². The monoisotopic (exact) mass is 456 g/mol. The lowest BCUT2D eigenvalue weighted by molar-refractivity contribution is 0.0980. The van der Waals surface area contributed by atoms with Gasteiger partial charge in [0.25, 0.3) is 11.5 Å². The molecule has 0 saturated carbocycles. The van der Waals surface area contributed by atoms with Crippen LogP contribution in [0.4, 0.5) is 5.13 Å². The number of aromatic nitrogens is 3. The first-order chi connectivity index (χ1) is 16.0. The van der Waals surface area contributed by atoms with Gasteiger partial charge in [-0.15, -0.1) is 0 Å². The van der Waals surface area contributed by atoms with Crippen molar-refractivity contribution in [1.29, 1.82) is 0 Å². The molecule has 0 N–H and O–H groups in total. The SMILES string of the molecule is COc1ccc2nc(N(Cc3ccccc3)C(=O)c3nn(C)c(=O)c4ccccc34)sc2c1.